The molecule has 174 valence electrons. The van der Waals surface area contributed by atoms with Crippen LogP contribution in [0, 0.1) is 18.8 Å². The van der Waals surface area contributed by atoms with E-state index in [2.05, 4.69) is 22.3 Å². The van der Waals surface area contributed by atoms with Gasteiger partial charge in [0.25, 0.3) is 5.91 Å². The van der Waals surface area contributed by atoms with Gasteiger partial charge in [-0.15, -0.1) is 11.8 Å². The summed E-state index contributed by atoms with van der Waals surface area (Å²) >= 11 is 1.52. The van der Waals surface area contributed by atoms with Crippen molar-refractivity contribution in [3.8, 4) is 11.8 Å². The number of carbonyl (C=O) groups is 2. The highest BCUT2D eigenvalue weighted by molar-refractivity contribution is 7.98. The Bertz CT molecular complexity index is 1430. The molecule has 0 aliphatic carbocycles. The zero-order chi connectivity index (χ0) is 24.6. The minimum Gasteiger partial charge on any atom is -0.465 e. The number of ether oxygens (including phenoxy) is 1. The summed E-state index contributed by atoms with van der Waals surface area (Å²) in [5.74, 6) is 6.84. The topological polar surface area (TPSA) is 81.4 Å². The summed E-state index contributed by atoms with van der Waals surface area (Å²) < 4.78 is 10.0. The quantitative estimate of drug-likeness (QED) is 0.215. The van der Waals surface area contributed by atoms with E-state index in [1.807, 2.05) is 61.5 Å². The first kappa shape index (κ1) is 23.9. The molecule has 1 heterocycles. The molecule has 0 unspecified atom stereocenters. The maximum Gasteiger partial charge on any atom is 0.337 e. The third kappa shape index (κ3) is 6.40. The number of anilines is 1. The van der Waals surface area contributed by atoms with Gasteiger partial charge < -0.3 is 14.6 Å². The number of thioether (sulfide) groups is 1. The molecule has 0 atom stereocenters. The molecule has 6 nitrogen and oxygen atoms in total. The summed E-state index contributed by atoms with van der Waals surface area (Å²) in [7, 11) is 1.34. The van der Waals surface area contributed by atoms with Gasteiger partial charge in [0, 0.05) is 27.8 Å². The Labute approximate surface area is 207 Å². The molecule has 35 heavy (non-hydrogen) atoms. The maximum absolute atomic E-state index is 13.0. The van der Waals surface area contributed by atoms with E-state index in [0.29, 0.717) is 28.1 Å². The molecule has 0 spiro atoms. The smallest absolute Gasteiger partial charge is 0.337 e. The van der Waals surface area contributed by atoms with Crippen LogP contribution in [0.1, 0.15) is 43.3 Å². The fourth-order valence-corrected chi connectivity index (χ4v) is 4.20. The van der Waals surface area contributed by atoms with Crippen LogP contribution in [0.25, 0.3) is 0 Å². The lowest BCUT2D eigenvalue weighted by atomic mass is 10.1. The van der Waals surface area contributed by atoms with Crippen molar-refractivity contribution in [2.75, 3.05) is 12.4 Å². The van der Waals surface area contributed by atoms with Gasteiger partial charge in [-0.2, -0.15) is 0 Å². The predicted molar refractivity (Wildman–Crippen MR) is 135 cm³/mol. The maximum atomic E-state index is 13.0. The third-order valence-corrected chi connectivity index (χ3v) is 6.03. The summed E-state index contributed by atoms with van der Waals surface area (Å²) in [6.45, 7) is 1.87. The average Bonchev–Trinajstić information content (AvgIpc) is 3.31. The first-order chi connectivity index (χ1) is 17.0. The Hall–Kier alpha value is -4.28. The van der Waals surface area contributed by atoms with Gasteiger partial charge in [-0.25, -0.2) is 4.79 Å². The second-order valence-corrected chi connectivity index (χ2v) is 8.59. The SMILES string of the molecule is COC(=O)c1cccc(C#Cc2cccc(NC(=O)c3ccccc3SCc3cc(C)no3)c2)c1. The number of amides is 1. The van der Waals surface area contributed by atoms with E-state index in [-0.39, 0.29) is 5.91 Å². The minimum atomic E-state index is -0.409. The number of esters is 1. The zero-order valence-electron chi connectivity index (χ0n) is 19.2. The number of aryl methyl sites for hydroxylation is 1. The van der Waals surface area contributed by atoms with E-state index in [4.69, 9.17) is 9.26 Å². The Balaban J connectivity index is 1.47. The lowest BCUT2D eigenvalue weighted by Gasteiger charge is -2.09. The van der Waals surface area contributed by atoms with Crippen LogP contribution < -0.4 is 5.32 Å². The van der Waals surface area contributed by atoms with E-state index in [0.717, 1.165) is 21.9 Å². The molecular formula is C28H22N2O4S. The molecule has 1 aromatic heterocycles. The molecule has 0 aliphatic rings. The van der Waals surface area contributed by atoms with Crippen molar-refractivity contribution in [3.05, 3.63) is 113 Å². The number of carbonyl (C=O) groups excluding carboxylic acids is 2. The minimum absolute atomic E-state index is 0.210. The van der Waals surface area contributed by atoms with Crippen LogP contribution in [0.5, 0.6) is 0 Å². The van der Waals surface area contributed by atoms with E-state index in [1.165, 1.54) is 18.9 Å². The Kier molecular flexibility index (Phi) is 7.66. The summed E-state index contributed by atoms with van der Waals surface area (Å²) in [5, 5.41) is 6.86. The number of aromatic nitrogens is 1. The van der Waals surface area contributed by atoms with Gasteiger partial charge in [-0.3, -0.25) is 4.79 Å². The molecule has 4 aromatic rings. The van der Waals surface area contributed by atoms with Gasteiger partial charge in [0.1, 0.15) is 5.76 Å². The standard InChI is InChI=1S/C28H22N2O4S/c1-19-15-24(34-30-19)18-35-26-12-4-3-11-25(26)27(31)29-23-10-6-8-21(17-23)14-13-20-7-5-9-22(16-20)28(32)33-2/h3-12,15-17H,18H2,1-2H3,(H,29,31). The highest BCUT2D eigenvalue weighted by Gasteiger charge is 2.13. The number of nitrogens with zero attached hydrogens (tertiary/aromatic N) is 1. The molecule has 0 radical (unpaired) electrons. The fourth-order valence-electron chi connectivity index (χ4n) is 3.27. The molecule has 0 fully saturated rings. The largest absolute Gasteiger partial charge is 0.465 e. The number of rotatable bonds is 6. The summed E-state index contributed by atoms with van der Waals surface area (Å²) in [6, 6.07) is 23.6. The van der Waals surface area contributed by atoms with Crippen molar-refractivity contribution in [3.63, 3.8) is 0 Å². The number of nitrogens with one attached hydrogen (secondary N) is 1. The van der Waals surface area contributed by atoms with Crippen molar-refractivity contribution in [1.29, 1.82) is 0 Å². The molecule has 0 bridgehead atoms. The number of methoxy groups -OCH3 is 1. The van der Waals surface area contributed by atoms with Crippen LogP contribution in [0.4, 0.5) is 5.69 Å². The van der Waals surface area contributed by atoms with Gasteiger partial charge in [0.15, 0.2) is 0 Å². The average molecular weight is 483 g/mol. The van der Waals surface area contributed by atoms with Crippen LogP contribution >= 0.6 is 11.8 Å². The van der Waals surface area contributed by atoms with Gasteiger partial charge in [-0.05, 0) is 55.5 Å². The number of benzene rings is 3. The highest BCUT2D eigenvalue weighted by atomic mass is 32.2. The molecule has 0 aliphatic heterocycles. The van der Waals surface area contributed by atoms with Crippen molar-refractivity contribution in [1.82, 2.24) is 5.16 Å². The molecule has 7 heteroatoms. The fraction of sp³-hybridized carbons (Fsp3) is 0.107. The van der Waals surface area contributed by atoms with Gasteiger partial charge >= 0.3 is 5.97 Å². The molecule has 1 N–H and O–H groups in total. The van der Waals surface area contributed by atoms with Crippen molar-refractivity contribution < 1.29 is 18.8 Å². The first-order valence-electron chi connectivity index (χ1n) is 10.8. The van der Waals surface area contributed by atoms with Gasteiger partial charge in [0.05, 0.1) is 29.7 Å². The van der Waals surface area contributed by atoms with Crippen molar-refractivity contribution in [2.24, 2.45) is 0 Å². The Morgan fingerprint density at radius 1 is 0.971 bits per heavy atom. The van der Waals surface area contributed by atoms with Crippen molar-refractivity contribution in [2.45, 2.75) is 17.6 Å². The van der Waals surface area contributed by atoms with Crippen LogP contribution in [0.3, 0.4) is 0 Å². The molecule has 1 amide bonds. The van der Waals surface area contributed by atoms with E-state index in [9.17, 15) is 9.59 Å². The van der Waals surface area contributed by atoms with Crippen LogP contribution in [0.15, 0.2) is 88.3 Å². The van der Waals surface area contributed by atoms with Gasteiger partial charge in [-0.1, -0.05) is 41.3 Å². The van der Waals surface area contributed by atoms with Gasteiger partial charge in [0.2, 0.25) is 0 Å². The first-order valence-corrected chi connectivity index (χ1v) is 11.8. The molecule has 3 aromatic carbocycles. The summed E-state index contributed by atoms with van der Waals surface area (Å²) in [6.07, 6.45) is 0. The lowest BCUT2D eigenvalue weighted by Crippen LogP contribution is -2.13. The van der Waals surface area contributed by atoms with Crippen LogP contribution in [-0.2, 0) is 10.5 Å². The van der Waals surface area contributed by atoms with Crippen LogP contribution in [0.2, 0.25) is 0 Å². The zero-order valence-corrected chi connectivity index (χ0v) is 20.0. The molecule has 0 saturated heterocycles. The monoisotopic (exact) mass is 482 g/mol. The second kappa shape index (κ2) is 11.2. The molecular weight excluding hydrogens is 460 g/mol. The molecule has 4 rings (SSSR count). The summed E-state index contributed by atoms with van der Waals surface area (Å²) in [4.78, 5) is 25.6. The Morgan fingerprint density at radius 2 is 1.71 bits per heavy atom. The highest BCUT2D eigenvalue weighted by Crippen LogP contribution is 2.27. The van der Waals surface area contributed by atoms with E-state index < -0.39 is 5.97 Å². The number of hydrogen-bond acceptors (Lipinski definition) is 6. The second-order valence-electron chi connectivity index (χ2n) is 7.58. The number of hydrogen-bond donors (Lipinski definition) is 1. The van der Waals surface area contributed by atoms with Crippen molar-refractivity contribution >= 4 is 29.3 Å². The normalized spacial score (nSPS) is 10.2. The van der Waals surface area contributed by atoms with E-state index >= 15 is 0 Å². The third-order valence-electron chi connectivity index (χ3n) is 4.93. The lowest BCUT2D eigenvalue weighted by molar-refractivity contribution is 0.0600. The molecule has 0 saturated carbocycles. The predicted octanol–water partition coefficient (Wildman–Crippen LogP) is 5.71. The Morgan fingerprint density at radius 3 is 2.46 bits per heavy atom. The summed E-state index contributed by atoms with van der Waals surface area (Å²) in [5.41, 5.74) is 3.89. The van der Waals surface area contributed by atoms with E-state index in [1.54, 1.807) is 24.3 Å². The van der Waals surface area contributed by atoms with Crippen LogP contribution in [-0.4, -0.2) is 24.1 Å².